The number of unbranched alkanes of at least 4 members (excludes halogenated alkanes) is 38. The molecular weight excluding hydrogens is 1250 g/mol. The molecule has 17 nitrogen and oxygen atoms in total. The Hall–Kier alpha value is -1.94. The summed E-state index contributed by atoms with van der Waals surface area (Å²) in [6, 6.07) is 0. The van der Waals surface area contributed by atoms with Gasteiger partial charge in [-0.25, -0.2) is 9.13 Å². The molecule has 0 amide bonds. The van der Waals surface area contributed by atoms with Crippen molar-refractivity contribution < 1.29 is 80.2 Å². The third-order valence-electron chi connectivity index (χ3n) is 17.9. The van der Waals surface area contributed by atoms with E-state index in [1.165, 1.54) is 180 Å². The van der Waals surface area contributed by atoms with Gasteiger partial charge in [-0.1, -0.05) is 331 Å². The van der Waals surface area contributed by atoms with Crippen molar-refractivity contribution in [1.82, 2.24) is 0 Å². The first-order valence-corrected chi connectivity index (χ1v) is 42.2. The van der Waals surface area contributed by atoms with E-state index < -0.39 is 97.5 Å². The molecule has 0 spiro atoms. The van der Waals surface area contributed by atoms with Crippen LogP contribution in [0, 0.1) is 23.7 Å². The number of esters is 4. The van der Waals surface area contributed by atoms with Gasteiger partial charge < -0.3 is 33.8 Å². The lowest BCUT2D eigenvalue weighted by Gasteiger charge is -2.21. The Bertz CT molecular complexity index is 1870. The molecule has 95 heavy (non-hydrogen) atoms. The maximum Gasteiger partial charge on any atom is 0.472 e. The molecule has 19 heteroatoms. The quantitative estimate of drug-likeness (QED) is 0.0222. The monoisotopic (exact) mass is 1400 g/mol. The third-order valence-corrected chi connectivity index (χ3v) is 19.8. The lowest BCUT2D eigenvalue weighted by molar-refractivity contribution is -0.161. The van der Waals surface area contributed by atoms with Crippen LogP contribution in [0.1, 0.15) is 383 Å². The van der Waals surface area contributed by atoms with Crippen molar-refractivity contribution in [2.24, 2.45) is 23.7 Å². The van der Waals surface area contributed by atoms with E-state index in [1.807, 2.05) is 0 Å². The summed E-state index contributed by atoms with van der Waals surface area (Å²) in [5.74, 6) is 0.939. The van der Waals surface area contributed by atoms with Crippen molar-refractivity contribution in [2.45, 2.75) is 401 Å². The van der Waals surface area contributed by atoms with Gasteiger partial charge in [-0.05, 0) is 49.4 Å². The maximum absolute atomic E-state index is 13.1. The molecule has 0 aromatic heterocycles. The van der Waals surface area contributed by atoms with Gasteiger partial charge in [0, 0.05) is 25.7 Å². The van der Waals surface area contributed by atoms with Gasteiger partial charge in [-0.2, -0.15) is 0 Å². The number of phosphoric ester groups is 2. The standard InChI is InChI=1S/C76H148O17P2/c1-9-69(8)55-47-39-34-35-41-49-57-74(79)87-63-72(93-76(81)59-51-43-33-27-21-20-24-30-38-46-54-68(6)7)65-91-95(84,85)89-61-70(77)60-88-94(82,83)90-64-71(62-86-73(78)56-48-40-31-25-18-15-14-17-23-29-37-45-53-67(4)5)92-75(80)58-50-42-32-26-19-13-11-10-12-16-22-28-36-44-52-66(2)3/h66-72,77H,9-65H2,1-8H3,(H,82,83)(H,84,85)/t69?,70-,71-,72-/m1/s1. The van der Waals surface area contributed by atoms with Crippen LogP contribution in [0.3, 0.4) is 0 Å². The van der Waals surface area contributed by atoms with Crippen LogP contribution in [0.5, 0.6) is 0 Å². The van der Waals surface area contributed by atoms with Gasteiger partial charge in [0.2, 0.25) is 0 Å². The summed E-state index contributed by atoms with van der Waals surface area (Å²) in [6.07, 6.45) is 49.9. The molecule has 0 bridgehead atoms. The molecule has 0 aliphatic rings. The topological polar surface area (TPSA) is 237 Å². The Morgan fingerprint density at radius 3 is 0.747 bits per heavy atom. The summed E-state index contributed by atoms with van der Waals surface area (Å²) in [5, 5.41) is 10.6. The number of carbonyl (C=O) groups is 4. The highest BCUT2D eigenvalue weighted by Gasteiger charge is 2.30. The molecule has 0 radical (unpaired) electrons. The fourth-order valence-corrected chi connectivity index (χ4v) is 13.1. The van der Waals surface area contributed by atoms with Gasteiger partial charge in [-0.3, -0.25) is 37.3 Å². The van der Waals surface area contributed by atoms with Crippen LogP contribution in [0.2, 0.25) is 0 Å². The summed E-state index contributed by atoms with van der Waals surface area (Å²) in [5.41, 5.74) is 0. The van der Waals surface area contributed by atoms with E-state index in [-0.39, 0.29) is 25.7 Å². The minimum Gasteiger partial charge on any atom is -0.462 e. The van der Waals surface area contributed by atoms with Gasteiger partial charge in [0.05, 0.1) is 26.4 Å². The average molecular weight is 1400 g/mol. The maximum atomic E-state index is 13.1. The molecule has 0 aromatic carbocycles. The molecule has 3 unspecified atom stereocenters. The van der Waals surface area contributed by atoms with Gasteiger partial charge in [0.1, 0.15) is 19.3 Å². The summed E-state index contributed by atoms with van der Waals surface area (Å²) in [7, 11) is -9.91. The van der Waals surface area contributed by atoms with E-state index in [1.54, 1.807) is 0 Å². The third kappa shape index (κ3) is 69.0. The second kappa shape index (κ2) is 65.4. The Morgan fingerprint density at radius 2 is 0.505 bits per heavy atom. The number of hydrogen-bond acceptors (Lipinski definition) is 15. The molecule has 6 atom stereocenters. The predicted molar refractivity (Wildman–Crippen MR) is 386 cm³/mol. The Balaban J connectivity index is 5.26. The molecule has 0 aliphatic carbocycles. The summed E-state index contributed by atoms with van der Waals surface area (Å²) >= 11 is 0. The summed E-state index contributed by atoms with van der Waals surface area (Å²) in [6.45, 7) is 14.2. The smallest absolute Gasteiger partial charge is 0.462 e. The van der Waals surface area contributed by atoms with Gasteiger partial charge in [-0.15, -0.1) is 0 Å². The second-order valence-electron chi connectivity index (χ2n) is 29.1. The molecule has 0 rings (SSSR count). The molecule has 0 fully saturated rings. The largest absolute Gasteiger partial charge is 0.472 e. The highest BCUT2D eigenvalue weighted by atomic mass is 31.2. The van der Waals surface area contributed by atoms with Crippen molar-refractivity contribution in [3.8, 4) is 0 Å². The molecule has 0 saturated carbocycles. The van der Waals surface area contributed by atoms with Crippen LogP contribution in [-0.4, -0.2) is 96.7 Å². The zero-order valence-electron chi connectivity index (χ0n) is 62.3. The Kier molecular flexibility index (Phi) is 64.0. The second-order valence-corrected chi connectivity index (χ2v) is 32.0. The van der Waals surface area contributed by atoms with Crippen molar-refractivity contribution in [3.63, 3.8) is 0 Å². The number of ether oxygens (including phenoxy) is 4. The lowest BCUT2D eigenvalue weighted by Crippen LogP contribution is -2.30. The van der Waals surface area contributed by atoms with Gasteiger partial charge in [0.25, 0.3) is 0 Å². The van der Waals surface area contributed by atoms with Crippen LogP contribution in [0.4, 0.5) is 0 Å². The highest BCUT2D eigenvalue weighted by Crippen LogP contribution is 2.45. The zero-order chi connectivity index (χ0) is 70.3. The fourth-order valence-electron chi connectivity index (χ4n) is 11.5. The van der Waals surface area contributed by atoms with E-state index in [9.17, 15) is 43.2 Å². The number of carbonyl (C=O) groups excluding carboxylic acids is 4. The number of aliphatic hydroxyl groups is 1. The number of aliphatic hydroxyl groups excluding tert-OH is 1. The van der Waals surface area contributed by atoms with Crippen LogP contribution in [0.15, 0.2) is 0 Å². The fraction of sp³-hybridized carbons (Fsp3) is 0.947. The van der Waals surface area contributed by atoms with Crippen molar-refractivity contribution in [3.05, 3.63) is 0 Å². The van der Waals surface area contributed by atoms with E-state index in [4.69, 9.17) is 37.0 Å². The lowest BCUT2D eigenvalue weighted by atomic mass is 10.00. The van der Waals surface area contributed by atoms with E-state index in [0.717, 1.165) is 120 Å². The minimum atomic E-state index is -4.96. The Labute approximate surface area is 581 Å². The summed E-state index contributed by atoms with van der Waals surface area (Å²) < 4.78 is 68.5. The zero-order valence-corrected chi connectivity index (χ0v) is 64.1. The number of rotatable bonds is 73. The van der Waals surface area contributed by atoms with Gasteiger partial charge >= 0.3 is 39.5 Å². The molecule has 0 heterocycles. The summed E-state index contributed by atoms with van der Waals surface area (Å²) in [4.78, 5) is 72.8. The molecule has 564 valence electrons. The van der Waals surface area contributed by atoms with Crippen LogP contribution < -0.4 is 0 Å². The highest BCUT2D eigenvalue weighted by molar-refractivity contribution is 7.47. The van der Waals surface area contributed by atoms with Gasteiger partial charge in [0.15, 0.2) is 12.2 Å². The van der Waals surface area contributed by atoms with Crippen LogP contribution in [-0.2, 0) is 65.4 Å². The molecule has 0 aliphatic heterocycles. The van der Waals surface area contributed by atoms with Crippen molar-refractivity contribution in [1.29, 1.82) is 0 Å². The van der Waals surface area contributed by atoms with Crippen molar-refractivity contribution >= 4 is 39.5 Å². The average Bonchev–Trinajstić information content (AvgIpc) is 1.44. The molecular formula is C76H148O17P2. The van der Waals surface area contributed by atoms with E-state index in [2.05, 4.69) is 55.4 Å². The molecule has 0 aromatic rings. The predicted octanol–water partition coefficient (Wildman–Crippen LogP) is 22.0. The SMILES string of the molecule is CCC(C)CCCCCCCCC(=O)OC[C@H](COP(=O)(O)OC[C@H](O)COP(=O)(O)OC[C@@H](COC(=O)CCCCCCCCCCCCCCC(C)C)OC(=O)CCCCCCCCCCCCCCCCC(C)C)OC(=O)CCCCCCCCCCCCC(C)C. The molecule has 0 saturated heterocycles. The first-order valence-electron chi connectivity index (χ1n) is 39.2. The van der Waals surface area contributed by atoms with E-state index in [0.29, 0.717) is 25.7 Å². The van der Waals surface area contributed by atoms with Crippen LogP contribution in [0.25, 0.3) is 0 Å². The first kappa shape index (κ1) is 93.1. The van der Waals surface area contributed by atoms with Crippen molar-refractivity contribution in [2.75, 3.05) is 39.6 Å². The Morgan fingerprint density at radius 1 is 0.295 bits per heavy atom. The van der Waals surface area contributed by atoms with E-state index >= 15 is 0 Å². The number of hydrogen-bond donors (Lipinski definition) is 3. The minimum absolute atomic E-state index is 0.105. The number of phosphoric acid groups is 2. The molecule has 3 N–H and O–H groups in total. The van der Waals surface area contributed by atoms with Crippen LogP contribution >= 0.6 is 15.6 Å². The first-order chi connectivity index (χ1) is 45.6. The normalized spacial score (nSPS) is 14.4.